The third-order valence-corrected chi connectivity index (χ3v) is 6.74. The summed E-state index contributed by atoms with van der Waals surface area (Å²) in [4.78, 5) is 39.5. The van der Waals surface area contributed by atoms with E-state index in [9.17, 15) is 9.59 Å². The monoisotopic (exact) mass is 458 g/mol. The van der Waals surface area contributed by atoms with Crippen LogP contribution in [0.15, 0.2) is 30.6 Å². The van der Waals surface area contributed by atoms with Crippen LogP contribution in [-0.2, 0) is 4.74 Å². The number of aromatic nitrogens is 2. The van der Waals surface area contributed by atoms with E-state index >= 15 is 0 Å². The molecule has 4 rings (SSSR count). The molecule has 1 aliphatic heterocycles. The van der Waals surface area contributed by atoms with E-state index in [2.05, 4.69) is 14.9 Å². The maximum Gasteiger partial charge on any atom is 0.348 e. The molecule has 3 heterocycles. The fraction of sp³-hybridized carbons (Fsp3) is 0.364. The van der Waals surface area contributed by atoms with Gasteiger partial charge in [0.2, 0.25) is 0 Å². The molecule has 162 valence electrons. The summed E-state index contributed by atoms with van der Waals surface area (Å²) in [5, 5.41) is 1.43. The van der Waals surface area contributed by atoms with Crippen LogP contribution in [0.1, 0.15) is 38.9 Å². The van der Waals surface area contributed by atoms with Gasteiger partial charge in [0.15, 0.2) is 0 Å². The van der Waals surface area contributed by atoms with Crippen LogP contribution < -0.4 is 4.90 Å². The number of nitrogens with zero attached hydrogens (tertiary/aromatic N) is 4. The molecule has 0 unspecified atom stereocenters. The SMILES string of the molecule is CCOC(=O)c1sc2ncnc(N3CCCN(C(=O)c4cccc(Cl)c4)CC3)c2c1C. The van der Waals surface area contributed by atoms with Gasteiger partial charge in [0.25, 0.3) is 5.91 Å². The number of esters is 1. The van der Waals surface area contributed by atoms with E-state index in [-0.39, 0.29) is 11.9 Å². The van der Waals surface area contributed by atoms with Gasteiger partial charge >= 0.3 is 5.97 Å². The zero-order chi connectivity index (χ0) is 22.0. The van der Waals surface area contributed by atoms with Gasteiger partial charge in [-0.05, 0) is 44.0 Å². The first-order valence-corrected chi connectivity index (χ1v) is 11.4. The number of benzene rings is 1. The first kappa shape index (κ1) is 21.5. The topological polar surface area (TPSA) is 75.6 Å². The molecular weight excluding hydrogens is 436 g/mol. The lowest BCUT2D eigenvalue weighted by Crippen LogP contribution is -2.35. The third-order valence-electron chi connectivity index (χ3n) is 5.32. The summed E-state index contributed by atoms with van der Waals surface area (Å²) >= 11 is 7.38. The number of thiophene rings is 1. The predicted molar refractivity (Wildman–Crippen MR) is 122 cm³/mol. The Kier molecular flexibility index (Phi) is 6.38. The predicted octanol–water partition coefficient (Wildman–Crippen LogP) is 4.18. The van der Waals surface area contributed by atoms with Crippen molar-refractivity contribution in [3.05, 3.63) is 51.6 Å². The lowest BCUT2D eigenvalue weighted by molar-refractivity contribution is 0.0531. The maximum absolute atomic E-state index is 12.9. The molecule has 1 fully saturated rings. The second kappa shape index (κ2) is 9.20. The molecule has 0 aliphatic carbocycles. The fourth-order valence-electron chi connectivity index (χ4n) is 3.82. The van der Waals surface area contributed by atoms with Crippen molar-refractivity contribution in [3.63, 3.8) is 0 Å². The number of anilines is 1. The number of carbonyl (C=O) groups excluding carboxylic acids is 2. The van der Waals surface area contributed by atoms with Gasteiger partial charge in [0.1, 0.15) is 21.9 Å². The van der Waals surface area contributed by atoms with Crippen molar-refractivity contribution >= 4 is 50.8 Å². The average molecular weight is 459 g/mol. The Bertz CT molecular complexity index is 1130. The van der Waals surface area contributed by atoms with Crippen LogP contribution in [0, 0.1) is 6.92 Å². The van der Waals surface area contributed by atoms with Crippen molar-refractivity contribution in [1.29, 1.82) is 0 Å². The Morgan fingerprint density at radius 2 is 2.03 bits per heavy atom. The molecular formula is C22H23ClN4O3S. The summed E-state index contributed by atoms with van der Waals surface area (Å²) in [5.74, 6) is 0.447. The number of rotatable bonds is 4. The summed E-state index contributed by atoms with van der Waals surface area (Å²) in [6.45, 7) is 6.66. The highest BCUT2D eigenvalue weighted by Gasteiger charge is 2.25. The van der Waals surface area contributed by atoms with E-state index < -0.39 is 0 Å². The Balaban J connectivity index is 1.58. The zero-order valence-corrected chi connectivity index (χ0v) is 19.0. The van der Waals surface area contributed by atoms with Crippen molar-refractivity contribution in [2.24, 2.45) is 0 Å². The molecule has 3 aromatic rings. The molecule has 0 bridgehead atoms. The van der Waals surface area contributed by atoms with Crippen LogP contribution in [0.5, 0.6) is 0 Å². The van der Waals surface area contributed by atoms with E-state index in [1.165, 1.54) is 17.7 Å². The van der Waals surface area contributed by atoms with Gasteiger partial charge in [-0.3, -0.25) is 4.79 Å². The van der Waals surface area contributed by atoms with E-state index in [1.54, 1.807) is 31.2 Å². The van der Waals surface area contributed by atoms with E-state index in [0.717, 1.165) is 34.6 Å². The highest BCUT2D eigenvalue weighted by molar-refractivity contribution is 7.20. The van der Waals surface area contributed by atoms with E-state index in [0.29, 0.717) is 41.7 Å². The smallest absolute Gasteiger partial charge is 0.348 e. The molecule has 9 heteroatoms. The molecule has 31 heavy (non-hydrogen) atoms. The molecule has 0 N–H and O–H groups in total. The number of carbonyl (C=O) groups is 2. The van der Waals surface area contributed by atoms with Crippen LogP contribution in [0.4, 0.5) is 5.82 Å². The number of amides is 1. The molecule has 1 amide bonds. The first-order valence-electron chi connectivity index (χ1n) is 10.2. The third kappa shape index (κ3) is 4.36. The van der Waals surface area contributed by atoms with Crippen LogP contribution >= 0.6 is 22.9 Å². The summed E-state index contributed by atoms with van der Waals surface area (Å²) in [7, 11) is 0. The number of hydrogen-bond donors (Lipinski definition) is 0. The molecule has 0 atom stereocenters. The minimum absolute atomic E-state index is 0.0199. The molecule has 0 saturated carbocycles. The van der Waals surface area contributed by atoms with Gasteiger partial charge in [-0.15, -0.1) is 11.3 Å². The molecule has 2 aromatic heterocycles. The highest BCUT2D eigenvalue weighted by Crippen LogP contribution is 2.35. The quantitative estimate of drug-likeness (QED) is 0.546. The first-order chi connectivity index (χ1) is 15.0. The second-order valence-corrected chi connectivity index (χ2v) is 8.73. The lowest BCUT2D eigenvalue weighted by Gasteiger charge is -2.23. The van der Waals surface area contributed by atoms with Crippen LogP contribution in [0.25, 0.3) is 10.2 Å². The summed E-state index contributed by atoms with van der Waals surface area (Å²) in [5.41, 5.74) is 1.43. The van der Waals surface area contributed by atoms with E-state index in [4.69, 9.17) is 16.3 Å². The van der Waals surface area contributed by atoms with Gasteiger partial charge in [-0.2, -0.15) is 0 Å². The molecule has 0 spiro atoms. The minimum atomic E-state index is -0.330. The van der Waals surface area contributed by atoms with Gasteiger partial charge in [0.05, 0.1) is 12.0 Å². The average Bonchev–Trinajstić information content (AvgIpc) is 2.94. The molecule has 1 aliphatic rings. The molecule has 1 saturated heterocycles. The van der Waals surface area contributed by atoms with Crippen molar-refractivity contribution in [2.75, 3.05) is 37.7 Å². The summed E-state index contributed by atoms with van der Waals surface area (Å²) in [6.07, 6.45) is 2.34. The number of halogens is 1. The Hall–Kier alpha value is -2.71. The minimum Gasteiger partial charge on any atom is -0.462 e. The summed E-state index contributed by atoms with van der Waals surface area (Å²) < 4.78 is 5.19. The highest BCUT2D eigenvalue weighted by atomic mass is 35.5. The molecule has 0 radical (unpaired) electrons. The van der Waals surface area contributed by atoms with Gasteiger partial charge in [0, 0.05) is 36.8 Å². The number of aryl methyl sites for hydroxylation is 1. The molecule has 1 aromatic carbocycles. The van der Waals surface area contributed by atoms with Crippen molar-refractivity contribution in [1.82, 2.24) is 14.9 Å². The Morgan fingerprint density at radius 1 is 1.19 bits per heavy atom. The second-order valence-electron chi connectivity index (χ2n) is 7.30. The Morgan fingerprint density at radius 3 is 2.81 bits per heavy atom. The Labute approximate surface area is 189 Å². The van der Waals surface area contributed by atoms with Crippen molar-refractivity contribution in [2.45, 2.75) is 20.3 Å². The standard InChI is InChI=1S/C22H23ClN4O3S/c1-3-30-22(29)18-14(2)17-19(24-13-25-20(17)31-18)26-8-5-9-27(11-10-26)21(28)15-6-4-7-16(23)12-15/h4,6-7,12-13H,3,5,8-11H2,1-2H3. The normalized spacial score (nSPS) is 14.5. The summed E-state index contributed by atoms with van der Waals surface area (Å²) in [6, 6.07) is 7.04. The number of hydrogen-bond acceptors (Lipinski definition) is 7. The fourth-order valence-corrected chi connectivity index (χ4v) is 5.05. The molecule has 7 nitrogen and oxygen atoms in total. The van der Waals surface area contributed by atoms with Crippen LogP contribution in [0.2, 0.25) is 5.02 Å². The van der Waals surface area contributed by atoms with Gasteiger partial charge in [-0.1, -0.05) is 17.7 Å². The van der Waals surface area contributed by atoms with Gasteiger partial charge in [-0.25, -0.2) is 14.8 Å². The number of ether oxygens (including phenoxy) is 1. The van der Waals surface area contributed by atoms with E-state index in [1.807, 2.05) is 11.8 Å². The number of fused-ring (bicyclic) bond motifs is 1. The van der Waals surface area contributed by atoms with Crippen molar-refractivity contribution in [3.8, 4) is 0 Å². The zero-order valence-electron chi connectivity index (χ0n) is 17.4. The van der Waals surface area contributed by atoms with Gasteiger partial charge < -0.3 is 14.5 Å². The lowest BCUT2D eigenvalue weighted by atomic mass is 10.2. The van der Waals surface area contributed by atoms with Crippen LogP contribution in [0.3, 0.4) is 0 Å². The van der Waals surface area contributed by atoms with Crippen LogP contribution in [-0.4, -0.2) is 59.5 Å². The van der Waals surface area contributed by atoms with Crippen molar-refractivity contribution < 1.29 is 14.3 Å². The largest absolute Gasteiger partial charge is 0.462 e. The maximum atomic E-state index is 12.9.